The van der Waals surface area contributed by atoms with E-state index >= 15 is 0 Å². The normalized spacial score (nSPS) is 13.9. The number of benzene rings is 1. The minimum Gasteiger partial charge on any atom is -0.329 e. The zero-order valence-corrected chi connectivity index (χ0v) is 16.3. The summed E-state index contributed by atoms with van der Waals surface area (Å²) in [6.45, 7) is 2.28. The highest BCUT2D eigenvalue weighted by atomic mass is 31.2. The number of hydrogen-bond acceptors (Lipinski definition) is 6. The summed E-state index contributed by atoms with van der Waals surface area (Å²) >= 11 is 0. The number of rotatable bonds is 8. The van der Waals surface area contributed by atoms with Crippen LogP contribution in [0.1, 0.15) is 24.1 Å². The molecule has 1 unspecified atom stereocenters. The van der Waals surface area contributed by atoms with Gasteiger partial charge in [0.15, 0.2) is 0 Å². The first-order chi connectivity index (χ1) is 13.8. The van der Waals surface area contributed by atoms with Gasteiger partial charge in [-0.2, -0.15) is 18.2 Å². The molecule has 1 atom stereocenters. The molecule has 2 aromatic heterocycles. The molecule has 0 radical (unpaired) electrons. The first kappa shape index (κ1) is 21.2. The third-order valence-corrected chi connectivity index (χ3v) is 5.93. The first-order valence-corrected chi connectivity index (χ1v) is 10.5. The van der Waals surface area contributed by atoms with Gasteiger partial charge in [-0.15, -0.1) is 0 Å². The third-order valence-electron chi connectivity index (χ3n) is 3.84. The molecule has 1 aromatic carbocycles. The molecule has 3 aromatic rings. The molecule has 0 amide bonds. The van der Waals surface area contributed by atoms with Crippen molar-refractivity contribution in [2.24, 2.45) is 0 Å². The second-order valence-corrected chi connectivity index (χ2v) is 8.26. The standard InChI is InChI=1S/C18H18F3N4O3P/c1-2-27-29(26,23-11-15-5-3-4-10-22-15)12-13-6-8-14(9-7-13)16-24-17(28-25-16)18(19,20)21/h3-10H,2,11-12H2,1H3,(H,23,26). The zero-order valence-electron chi connectivity index (χ0n) is 15.4. The summed E-state index contributed by atoms with van der Waals surface area (Å²) in [6.07, 6.45) is -2.95. The maximum Gasteiger partial charge on any atom is 0.471 e. The van der Waals surface area contributed by atoms with Crippen LogP contribution in [0, 0.1) is 0 Å². The fourth-order valence-corrected chi connectivity index (χ4v) is 4.32. The predicted molar refractivity (Wildman–Crippen MR) is 98.7 cm³/mol. The SMILES string of the molecule is CCOP(=O)(Cc1ccc(-c2noc(C(F)(F)F)n2)cc1)NCc1ccccn1. The Morgan fingerprint density at radius 2 is 1.93 bits per heavy atom. The Kier molecular flexibility index (Phi) is 6.46. The van der Waals surface area contributed by atoms with E-state index in [1.165, 1.54) is 12.1 Å². The number of pyridine rings is 1. The van der Waals surface area contributed by atoms with Crippen LogP contribution in [0.3, 0.4) is 0 Å². The quantitative estimate of drug-likeness (QED) is 0.524. The van der Waals surface area contributed by atoms with Gasteiger partial charge in [0, 0.05) is 18.3 Å². The predicted octanol–water partition coefficient (Wildman–Crippen LogP) is 4.67. The Labute approximate surface area is 164 Å². The van der Waals surface area contributed by atoms with Crippen LogP contribution in [0.5, 0.6) is 0 Å². The highest BCUT2D eigenvalue weighted by Crippen LogP contribution is 2.46. The number of nitrogens with zero attached hydrogens (tertiary/aromatic N) is 3. The van der Waals surface area contributed by atoms with Crippen molar-refractivity contribution in [2.45, 2.75) is 25.8 Å². The van der Waals surface area contributed by atoms with E-state index in [0.29, 0.717) is 11.1 Å². The third kappa shape index (κ3) is 5.72. The summed E-state index contributed by atoms with van der Waals surface area (Å²) in [6, 6.07) is 11.8. The maximum absolute atomic E-state index is 13.1. The van der Waals surface area contributed by atoms with Crippen LogP contribution in [0.15, 0.2) is 53.2 Å². The molecule has 0 saturated carbocycles. The minimum atomic E-state index is -4.70. The van der Waals surface area contributed by atoms with Crippen LogP contribution in [0.2, 0.25) is 0 Å². The molecule has 154 valence electrons. The average molecular weight is 426 g/mol. The van der Waals surface area contributed by atoms with Crippen LogP contribution in [-0.2, 0) is 28.0 Å². The van der Waals surface area contributed by atoms with Crippen molar-refractivity contribution in [2.75, 3.05) is 6.61 Å². The molecule has 29 heavy (non-hydrogen) atoms. The summed E-state index contributed by atoms with van der Waals surface area (Å²) in [5.41, 5.74) is 1.75. The van der Waals surface area contributed by atoms with E-state index in [-0.39, 0.29) is 25.1 Å². The number of hydrogen-bond donors (Lipinski definition) is 1. The lowest BCUT2D eigenvalue weighted by Crippen LogP contribution is -2.15. The van der Waals surface area contributed by atoms with Crippen molar-refractivity contribution < 1.29 is 26.8 Å². The second-order valence-electron chi connectivity index (χ2n) is 6.02. The molecule has 0 spiro atoms. The molecule has 0 aliphatic rings. The van der Waals surface area contributed by atoms with Crippen molar-refractivity contribution in [3.8, 4) is 11.4 Å². The minimum absolute atomic E-state index is 0.105. The fourth-order valence-electron chi connectivity index (χ4n) is 2.52. The highest BCUT2D eigenvalue weighted by Gasteiger charge is 2.38. The number of nitrogens with one attached hydrogen (secondary N) is 1. The van der Waals surface area contributed by atoms with E-state index in [0.717, 1.165) is 5.69 Å². The summed E-state index contributed by atoms with van der Waals surface area (Å²) in [5, 5.41) is 6.28. The summed E-state index contributed by atoms with van der Waals surface area (Å²) in [4.78, 5) is 7.52. The lowest BCUT2D eigenvalue weighted by Gasteiger charge is -2.19. The lowest BCUT2D eigenvalue weighted by atomic mass is 10.1. The molecular weight excluding hydrogens is 408 g/mol. The molecule has 0 saturated heterocycles. The Hall–Kier alpha value is -2.55. The van der Waals surface area contributed by atoms with Gasteiger partial charge in [-0.3, -0.25) is 9.55 Å². The highest BCUT2D eigenvalue weighted by molar-refractivity contribution is 7.56. The van der Waals surface area contributed by atoms with E-state index in [2.05, 4.69) is 24.7 Å². The van der Waals surface area contributed by atoms with Gasteiger partial charge in [0.1, 0.15) is 0 Å². The van der Waals surface area contributed by atoms with Crippen molar-refractivity contribution in [3.05, 3.63) is 65.8 Å². The van der Waals surface area contributed by atoms with E-state index in [4.69, 9.17) is 4.52 Å². The van der Waals surface area contributed by atoms with E-state index in [9.17, 15) is 17.7 Å². The summed E-state index contributed by atoms with van der Waals surface area (Å²) in [7, 11) is -3.20. The van der Waals surface area contributed by atoms with Gasteiger partial charge in [0.25, 0.3) is 7.52 Å². The Morgan fingerprint density at radius 3 is 2.52 bits per heavy atom. The van der Waals surface area contributed by atoms with E-state index < -0.39 is 19.6 Å². The maximum atomic E-state index is 13.1. The van der Waals surface area contributed by atoms with Crippen molar-refractivity contribution in [1.29, 1.82) is 0 Å². The molecule has 2 heterocycles. The summed E-state index contributed by atoms with van der Waals surface area (Å²) in [5.74, 6) is -1.58. The van der Waals surface area contributed by atoms with Crippen molar-refractivity contribution in [1.82, 2.24) is 20.2 Å². The van der Waals surface area contributed by atoms with Gasteiger partial charge < -0.3 is 9.05 Å². The second kappa shape index (κ2) is 8.86. The Bertz CT molecular complexity index is 978. The molecule has 7 nitrogen and oxygen atoms in total. The lowest BCUT2D eigenvalue weighted by molar-refractivity contribution is -0.159. The van der Waals surface area contributed by atoms with Crippen LogP contribution in [0.4, 0.5) is 13.2 Å². The molecule has 0 aliphatic carbocycles. The number of aromatic nitrogens is 3. The Morgan fingerprint density at radius 1 is 1.17 bits per heavy atom. The molecule has 3 rings (SSSR count). The molecule has 0 bridgehead atoms. The van der Waals surface area contributed by atoms with Gasteiger partial charge in [0.05, 0.1) is 18.5 Å². The van der Waals surface area contributed by atoms with Gasteiger partial charge in [0.2, 0.25) is 5.82 Å². The van der Waals surface area contributed by atoms with Crippen LogP contribution >= 0.6 is 7.52 Å². The monoisotopic (exact) mass is 426 g/mol. The van der Waals surface area contributed by atoms with E-state index in [1.807, 2.05) is 6.07 Å². The van der Waals surface area contributed by atoms with Gasteiger partial charge in [-0.05, 0) is 24.6 Å². The van der Waals surface area contributed by atoms with E-state index in [1.54, 1.807) is 37.4 Å². The first-order valence-electron chi connectivity index (χ1n) is 8.68. The smallest absolute Gasteiger partial charge is 0.329 e. The van der Waals surface area contributed by atoms with Crippen LogP contribution in [0.25, 0.3) is 11.4 Å². The molecule has 0 fully saturated rings. The number of alkyl halides is 3. The van der Waals surface area contributed by atoms with Crippen molar-refractivity contribution in [3.63, 3.8) is 0 Å². The average Bonchev–Trinajstić information content (AvgIpc) is 3.19. The molecule has 1 N–H and O–H groups in total. The topological polar surface area (TPSA) is 90.1 Å². The molecule has 11 heteroatoms. The fraction of sp³-hybridized carbons (Fsp3) is 0.278. The van der Waals surface area contributed by atoms with Gasteiger partial charge in [-0.1, -0.05) is 35.5 Å². The largest absolute Gasteiger partial charge is 0.471 e. The van der Waals surface area contributed by atoms with Gasteiger partial charge in [-0.25, -0.2) is 5.09 Å². The number of halogens is 3. The van der Waals surface area contributed by atoms with Crippen LogP contribution < -0.4 is 5.09 Å². The van der Waals surface area contributed by atoms with Crippen LogP contribution in [-0.4, -0.2) is 21.7 Å². The zero-order chi connectivity index (χ0) is 20.9. The molecular formula is C18H18F3N4O3P. The molecule has 0 aliphatic heterocycles. The summed E-state index contributed by atoms with van der Waals surface area (Å²) < 4.78 is 60.5. The van der Waals surface area contributed by atoms with Gasteiger partial charge >= 0.3 is 12.1 Å². The van der Waals surface area contributed by atoms with Crippen molar-refractivity contribution >= 4 is 7.52 Å². The Balaban J connectivity index is 1.70.